The van der Waals surface area contributed by atoms with Crippen LogP contribution in [0.15, 0.2) is 48.8 Å². The molecule has 1 aliphatic rings. The van der Waals surface area contributed by atoms with Crippen LogP contribution in [-0.4, -0.2) is 63.3 Å². The minimum Gasteiger partial charge on any atom is -0.489 e. The molecule has 0 bridgehead atoms. The van der Waals surface area contributed by atoms with Gasteiger partial charge in [0.05, 0.1) is 5.56 Å². The van der Waals surface area contributed by atoms with E-state index in [4.69, 9.17) is 19.7 Å². The quantitative estimate of drug-likeness (QED) is 0.483. The van der Waals surface area contributed by atoms with Gasteiger partial charge in [0.15, 0.2) is 0 Å². The van der Waals surface area contributed by atoms with Crippen molar-refractivity contribution < 1.29 is 42.9 Å². The van der Waals surface area contributed by atoms with Gasteiger partial charge in [-0.15, -0.1) is 0 Å². The number of nitrogens with zero attached hydrogens (tertiary/aromatic N) is 2. The molecule has 1 aromatic carbocycles. The fraction of sp³-hybridized carbons (Fsp3) is 0.333. The average molecular weight is 507 g/mol. The Morgan fingerprint density at radius 2 is 1.67 bits per heavy atom. The van der Waals surface area contributed by atoms with E-state index >= 15 is 0 Å². The highest BCUT2D eigenvalue weighted by Gasteiger charge is 2.30. The Balaban J connectivity index is 0.000000493. The first-order chi connectivity index (χ1) is 17.1. The van der Waals surface area contributed by atoms with Crippen LogP contribution in [0.1, 0.15) is 25.0 Å². The Morgan fingerprint density at radius 1 is 1.08 bits per heavy atom. The predicted octanol–water partition coefficient (Wildman–Crippen LogP) is 2.97. The van der Waals surface area contributed by atoms with E-state index in [1.165, 1.54) is 0 Å². The Labute approximate surface area is 206 Å². The zero-order valence-electron chi connectivity index (χ0n) is 19.7. The van der Waals surface area contributed by atoms with Crippen LogP contribution in [-0.2, 0) is 27.5 Å². The van der Waals surface area contributed by atoms with Crippen LogP contribution >= 0.6 is 0 Å². The normalized spacial score (nSPS) is 17.2. The van der Waals surface area contributed by atoms with Crippen molar-refractivity contribution in [1.29, 1.82) is 0 Å². The molecule has 1 aromatic heterocycles. The summed E-state index contributed by atoms with van der Waals surface area (Å²) < 4.78 is 39.3. The SMILES string of the molecule is C[C@@H]1CNC[C@H](C)N1C(=O)OCc1c(F)cc(OCc2cccnc2)cc1F.O=C(O)/C=C/C(=O)O. The number of benzene rings is 1. The van der Waals surface area contributed by atoms with Gasteiger partial charge >= 0.3 is 18.0 Å². The standard InChI is InChI=1S/C20H23F2N3O3.C4H4O4/c1-13-8-24-9-14(2)25(13)20(26)28-12-17-18(21)6-16(7-19(17)22)27-11-15-4-3-5-23-10-15;5-3(6)1-2-4(7)8/h3-7,10,13-14,24H,8-9,11-12H2,1-2H3;1-2H,(H,5,6)(H,7,8)/b;2-1+/t13-,14+;. The Kier molecular flexibility index (Phi) is 10.7. The van der Waals surface area contributed by atoms with Gasteiger partial charge in [-0.3, -0.25) is 4.98 Å². The van der Waals surface area contributed by atoms with E-state index in [2.05, 4.69) is 10.3 Å². The summed E-state index contributed by atoms with van der Waals surface area (Å²) in [6.45, 7) is 4.72. The lowest BCUT2D eigenvalue weighted by molar-refractivity contribution is -0.134. The van der Waals surface area contributed by atoms with Crippen molar-refractivity contribution in [1.82, 2.24) is 15.2 Å². The first kappa shape index (κ1) is 28.2. The summed E-state index contributed by atoms with van der Waals surface area (Å²) in [6, 6.07) is 5.59. The molecule has 1 saturated heterocycles. The summed E-state index contributed by atoms with van der Waals surface area (Å²) >= 11 is 0. The monoisotopic (exact) mass is 507 g/mol. The Bertz CT molecular complexity index is 1030. The van der Waals surface area contributed by atoms with Gasteiger partial charge in [0.2, 0.25) is 0 Å². The fourth-order valence-electron chi connectivity index (χ4n) is 3.29. The fourth-order valence-corrected chi connectivity index (χ4v) is 3.29. The molecule has 1 amide bonds. The van der Waals surface area contributed by atoms with Crippen molar-refractivity contribution in [3.8, 4) is 5.75 Å². The maximum atomic E-state index is 14.3. The second-order valence-corrected chi connectivity index (χ2v) is 7.84. The number of carbonyl (C=O) groups excluding carboxylic acids is 1. The van der Waals surface area contributed by atoms with Crippen LogP contribution in [0.3, 0.4) is 0 Å². The van der Waals surface area contributed by atoms with Crippen molar-refractivity contribution >= 4 is 18.0 Å². The molecule has 0 unspecified atom stereocenters. The summed E-state index contributed by atoms with van der Waals surface area (Å²) in [5.74, 6) is -4.11. The summed E-state index contributed by atoms with van der Waals surface area (Å²) in [5.41, 5.74) is 0.470. The van der Waals surface area contributed by atoms with Gasteiger partial charge in [-0.2, -0.15) is 0 Å². The van der Waals surface area contributed by atoms with Crippen LogP contribution < -0.4 is 10.1 Å². The number of hydrogen-bond donors (Lipinski definition) is 3. The minimum absolute atomic E-state index is 0.0540. The summed E-state index contributed by atoms with van der Waals surface area (Å²) in [7, 11) is 0. The smallest absolute Gasteiger partial charge is 0.410 e. The second kappa shape index (κ2) is 13.7. The third-order valence-corrected chi connectivity index (χ3v) is 4.99. The highest BCUT2D eigenvalue weighted by atomic mass is 19.1. The highest BCUT2D eigenvalue weighted by molar-refractivity contribution is 5.89. The summed E-state index contributed by atoms with van der Waals surface area (Å²) in [4.78, 5) is 37.0. The Morgan fingerprint density at radius 3 is 2.17 bits per heavy atom. The van der Waals surface area contributed by atoms with Crippen LogP contribution in [0.2, 0.25) is 0 Å². The number of carboxylic acids is 2. The van der Waals surface area contributed by atoms with Gasteiger partial charge in [0.25, 0.3) is 0 Å². The van der Waals surface area contributed by atoms with E-state index in [-0.39, 0.29) is 30.0 Å². The molecule has 1 fully saturated rings. The number of rotatable bonds is 7. The minimum atomic E-state index is -1.26. The predicted molar refractivity (Wildman–Crippen MR) is 123 cm³/mol. The summed E-state index contributed by atoms with van der Waals surface area (Å²) in [5, 5.41) is 18.8. The third-order valence-electron chi connectivity index (χ3n) is 4.99. The molecule has 0 radical (unpaired) electrons. The molecule has 2 atom stereocenters. The maximum Gasteiger partial charge on any atom is 0.410 e. The molecule has 194 valence electrons. The number of piperazine rings is 1. The molecule has 2 aromatic rings. The molecular formula is C24H27F2N3O7. The van der Waals surface area contributed by atoms with E-state index in [1.54, 1.807) is 29.4 Å². The van der Waals surface area contributed by atoms with Crippen molar-refractivity contribution in [2.75, 3.05) is 13.1 Å². The molecule has 2 heterocycles. The number of carbonyl (C=O) groups is 3. The van der Waals surface area contributed by atoms with Crippen LogP contribution in [0.25, 0.3) is 0 Å². The van der Waals surface area contributed by atoms with E-state index in [9.17, 15) is 23.2 Å². The number of halogens is 2. The van der Waals surface area contributed by atoms with Gasteiger partial charge < -0.3 is 29.9 Å². The number of nitrogens with one attached hydrogen (secondary N) is 1. The first-order valence-corrected chi connectivity index (χ1v) is 10.9. The molecule has 12 heteroatoms. The molecule has 36 heavy (non-hydrogen) atoms. The lowest BCUT2D eigenvalue weighted by Crippen LogP contribution is -2.57. The zero-order valence-corrected chi connectivity index (χ0v) is 19.7. The van der Waals surface area contributed by atoms with E-state index in [1.807, 2.05) is 13.8 Å². The van der Waals surface area contributed by atoms with Crippen molar-refractivity contribution in [2.24, 2.45) is 0 Å². The number of amides is 1. The van der Waals surface area contributed by atoms with Crippen molar-refractivity contribution in [3.63, 3.8) is 0 Å². The number of aromatic nitrogens is 1. The largest absolute Gasteiger partial charge is 0.489 e. The molecule has 10 nitrogen and oxygen atoms in total. The van der Waals surface area contributed by atoms with Gasteiger partial charge in [0, 0.05) is 67.4 Å². The van der Waals surface area contributed by atoms with Crippen molar-refractivity contribution in [2.45, 2.75) is 39.1 Å². The number of hydrogen-bond acceptors (Lipinski definition) is 7. The number of ether oxygens (including phenoxy) is 2. The number of carboxylic acid groups (broad SMARTS) is 2. The van der Waals surface area contributed by atoms with Gasteiger partial charge in [-0.25, -0.2) is 23.2 Å². The van der Waals surface area contributed by atoms with Crippen LogP contribution in [0.5, 0.6) is 5.75 Å². The maximum absolute atomic E-state index is 14.3. The second-order valence-electron chi connectivity index (χ2n) is 7.84. The van der Waals surface area contributed by atoms with Crippen LogP contribution in [0, 0.1) is 11.6 Å². The molecule has 0 spiro atoms. The van der Waals surface area contributed by atoms with Gasteiger partial charge in [0.1, 0.15) is 30.6 Å². The van der Waals surface area contributed by atoms with Gasteiger partial charge in [-0.05, 0) is 19.9 Å². The van der Waals surface area contributed by atoms with E-state index in [0.717, 1.165) is 17.7 Å². The average Bonchev–Trinajstić information content (AvgIpc) is 2.82. The lowest BCUT2D eigenvalue weighted by Gasteiger charge is -2.38. The number of aliphatic carboxylic acids is 2. The molecule has 3 rings (SSSR count). The lowest BCUT2D eigenvalue weighted by atomic mass is 10.1. The molecule has 0 saturated carbocycles. The number of pyridine rings is 1. The zero-order chi connectivity index (χ0) is 26.7. The highest BCUT2D eigenvalue weighted by Crippen LogP contribution is 2.23. The first-order valence-electron chi connectivity index (χ1n) is 10.9. The van der Waals surface area contributed by atoms with Crippen LogP contribution in [0.4, 0.5) is 13.6 Å². The van der Waals surface area contributed by atoms with E-state index < -0.39 is 36.3 Å². The molecular weight excluding hydrogens is 480 g/mol. The Hall–Kier alpha value is -4.06. The van der Waals surface area contributed by atoms with Gasteiger partial charge in [-0.1, -0.05) is 6.07 Å². The third kappa shape index (κ3) is 8.95. The summed E-state index contributed by atoms with van der Waals surface area (Å²) in [6.07, 6.45) is 3.77. The topological polar surface area (TPSA) is 138 Å². The molecule has 0 aliphatic carbocycles. The van der Waals surface area contributed by atoms with Crippen molar-refractivity contribution in [3.05, 3.63) is 71.6 Å². The van der Waals surface area contributed by atoms with E-state index in [0.29, 0.717) is 25.2 Å². The molecule has 1 aliphatic heterocycles. The molecule has 3 N–H and O–H groups in total.